The number of ether oxygens (including phenoxy) is 2. The molecule has 0 amide bonds. The number of methoxy groups -OCH3 is 2. The molecule has 6 heteroatoms. The highest BCUT2D eigenvalue weighted by molar-refractivity contribution is 7.91. The minimum absolute atomic E-state index is 0.234. The highest BCUT2D eigenvalue weighted by Gasteiger charge is 2.09. The third-order valence-corrected chi connectivity index (χ3v) is 4.17. The molecule has 0 bridgehead atoms. The van der Waals surface area contributed by atoms with Gasteiger partial charge in [0, 0.05) is 27.4 Å². The first-order chi connectivity index (χ1) is 8.12. The summed E-state index contributed by atoms with van der Waals surface area (Å²) >= 11 is 0. The van der Waals surface area contributed by atoms with Gasteiger partial charge in [0.25, 0.3) is 0 Å². The summed E-state index contributed by atoms with van der Waals surface area (Å²) in [6.07, 6.45) is 2.19. The third-order valence-electron chi connectivity index (χ3n) is 2.35. The van der Waals surface area contributed by atoms with Crippen LogP contribution in [0, 0.1) is 0 Å². The van der Waals surface area contributed by atoms with Gasteiger partial charge in [-0.25, -0.2) is 8.42 Å². The fraction of sp³-hybridized carbons (Fsp3) is 1.00. The molecule has 0 fully saturated rings. The zero-order chi connectivity index (χ0) is 13.0. The van der Waals surface area contributed by atoms with Crippen molar-refractivity contribution in [1.82, 2.24) is 5.32 Å². The van der Waals surface area contributed by atoms with Crippen LogP contribution in [0.3, 0.4) is 0 Å². The Balaban J connectivity index is 3.39. The first kappa shape index (κ1) is 16.8. The maximum atomic E-state index is 11.5. The number of nitrogens with one attached hydrogen (secondary N) is 1. The van der Waals surface area contributed by atoms with E-state index in [9.17, 15) is 8.42 Å². The molecule has 0 heterocycles. The minimum atomic E-state index is -2.88. The predicted octanol–water partition coefficient (Wildman–Crippen LogP) is 0.454. The molecule has 0 spiro atoms. The van der Waals surface area contributed by atoms with E-state index < -0.39 is 9.84 Å². The van der Waals surface area contributed by atoms with E-state index in [0.29, 0.717) is 19.6 Å². The molecule has 0 aliphatic heterocycles. The van der Waals surface area contributed by atoms with Crippen molar-refractivity contribution in [3.05, 3.63) is 0 Å². The zero-order valence-electron chi connectivity index (χ0n) is 10.9. The average Bonchev–Trinajstić information content (AvgIpc) is 2.28. The molecule has 0 aliphatic rings. The number of unbranched alkanes of at least 4 members (excludes halogenated alkanes) is 1. The molecule has 0 unspecified atom stereocenters. The Hall–Kier alpha value is -0.170. The molecule has 17 heavy (non-hydrogen) atoms. The summed E-state index contributed by atoms with van der Waals surface area (Å²) in [5.74, 6) is 0.514. The average molecular weight is 267 g/mol. The topological polar surface area (TPSA) is 64.6 Å². The smallest absolute Gasteiger partial charge is 0.150 e. The van der Waals surface area contributed by atoms with Crippen LogP contribution in [-0.4, -0.2) is 60.4 Å². The largest absolute Gasteiger partial charge is 0.385 e. The van der Waals surface area contributed by atoms with E-state index >= 15 is 0 Å². The van der Waals surface area contributed by atoms with Gasteiger partial charge in [-0.2, -0.15) is 0 Å². The number of hydrogen-bond donors (Lipinski definition) is 1. The summed E-state index contributed by atoms with van der Waals surface area (Å²) in [5.41, 5.74) is 0. The van der Waals surface area contributed by atoms with Gasteiger partial charge in [0.1, 0.15) is 9.84 Å². The Morgan fingerprint density at radius 2 is 1.53 bits per heavy atom. The second-order valence-corrected chi connectivity index (χ2v) is 6.25. The first-order valence-electron chi connectivity index (χ1n) is 6.01. The van der Waals surface area contributed by atoms with Gasteiger partial charge in [0.2, 0.25) is 0 Å². The summed E-state index contributed by atoms with van der Waals surface area (Å²) in [5, 5.41) is 3.19. The Kier molecular flexibility index (Phi) is 10.8. The van der Waals surface area contributed by atoms with E-state index in [1.807, 2.05) is 0 Å². The number of rotatable bonds is 12. The highest BCUT2D eigenvalue weighted by atomic mass is 32.2. The van der Waals surface area contributed by atoms with Crippen LogP contribution in [0.1, 0.15) is 19.3 Å². The molecule has 0 saturated carbocycles. The van der Waals surface area contributed by atoms with E-state index in [1.165, 1.54) is 0 Å². The van der Waals surface area contributed by atoms with Gasteiger partial charge < -0.3 is 14.8 Å². The molecule has 5 nitrogen and oxygen atoms in total. The van der Waals surface area contributed by atoms with E-state index in [1.54, 1.807) is 14.2 Å². The van der Waals surface area contributed by atoms with Crippen LogP contribution < -0.4 is 5.32 Å². The van der Waals surface area contributed by atoms with Crippen molar-refractivity contribution in [2.24, 2.45) is 0 Å². The molecule has 0 atom stereocenters. The Morgan fingerprint density at radius 3 is 2.18 bits per heavy atom. The van der Waals surface area contributed by atoms with Crippen molar-refractivity contribution >= 4 is 9.84 Å². The summed E-state index contributed by atoms with van der Waals surface area (Å²) < 4.78 is 32.8. The predicted molar refractivity (Wildman–Crippen MR) is 69.1 cm³/mol. The van der Waals surface area contributed by atoms with Gasteiger partial charge >= 0.3 is 0 Å². The zero-order valence-corrected chi connectivity index (χ0v) is 11.7. The van der Waals surface area contributed by atoms with Crippen molar-refractivity contribution in [3.8, 4) is 0 Å². The maximum absolute atomic E-state index is 11.5. The van der Waals surface area contributed by atoms with Gasteiger partial charge in [-0.15, -0.1) is 0 Å². The monoisotopic (exact) mass is 267 g/mol. The SMILES string of the molecule is COCCCS(=O)(=O)CCCCNCCOC. The third kappa shape index (κ3) is 12.1. The standard InChI is InChI=1S/C11H25NO4S/c1-15-8-5-11-17(13,14)10-4-3-6-12-7-9-16-2/h12H,3-11H2,1-2H3. The summed E-state index contributed by atoms with van der Waals surface area (Å²) in [7, 11) is 0.359. The molecule has 0 radical (unpaired) electrons. The molecule has 0 aliphatic carbocycles. The molecular formula is C11H25NO4S. The van der Waals surface area contributed by atoms with Gasteiger partial charge in [-0.3, -0.25) is 0 Å². The van der Waals surface area contributed by atoms with Crippen LogP contribution in [0.2, 0.25) is 0 Å². The van der Waals surface area contributed by atoms with Crippen molar-refractivity contribution in [2.75, 3.05) is 52.0 Å². The van der Waals surface area contributed by atoms with Crippen molar-refractivity contribution in [2.45, 2.75) is 19.3 Å². The second-order valence-electron chi connectivity index (χ2n) is 3.95. The lowest BCUT2D eigenvalue weighted by Gasteiger charge is -2.05. The van der Waals surface area contributed by atoms with Gasteiger partial charge in [0.15, 0.2) is 0 Å². The lowest BCUT2D eigenvalue weighted by atomic mass is 10.3. The Morgan fingerprint density at radius 1 is 0.882 bits per heavy atom. The van der Waals surface area contributed by atoms with Crippen LogP contribution in [0.5, 0.6) is 0 Å². The molecule has 1 N–H and O–H groups in total. The normalized spacial score (nSPS) is 11.9. The summed E-state index contributed by atoms with van der Waals surface area (Å²) in [4.78, 5) is 0. The van der Waals surface area contributed by atoms with Crippen molar-refractivity contribution in [1.29, 1.82) is 0 Å². The first-order valence-corrected chi connectivity index (χ1v) is 7.83. The highest BCUT2D eigenvalue weighted by Crippen LogP contribution is 1.99. The Bertz CT molecular complexity index is 254. The van der Waals surface area contributed by atoms with Gasteiger partial charge in [0.05, 0.1) is 18.1 Å². The summed E-state index contributed by atoms with van der Waals surface area (Å²) in [6.45, 7) is 2.86. The fourth-order valence-electron chi connectivity index (χ4n) is 1.40. The van der Waals surface area contributed by atoms with Crippen LogP contribution in [-0.2, 0) is 19.3 Å². The van der Waals surface area contributed by atoms with E-state index in [4.69, 9.17) is 9.47 Å². The minimum Gasteiger partial charge on any atom is -0.385 e. The molecule has 0 aromatic rings. The maximum Gasteiger partial charge on any atom is 0.150 e. The lowest BCUT2D eigenvalue weighted by Crippen LogP contribution is -2.21. The lowest BCUT2D eigenvalue weighted by molar-refractivity contribution is 0.199. The van der Waals surface area contributed by atoms with Gasteiger partial charge in [-0.1, -0.05) is 0 Å². The van der Waals surface area contributed by atoms with Crippen LogP contribution >= 0.6 is 0 Å². The van der Waals surface area contributed by atoms with Crippen LogP contribution in [0.25, 0.3) is 0 Å². The fourth-order valence-corrected chi connectivity index (χ4v) is 2.80. The molecule has 0 aromatic heterocycles. The molecule has 104 valence electrons. The number of sulfone groups is 1. The van der Waals surface area contributed by atoms with Crippen molar-refractivity contribution < 1.29 is 17.9 Å². The van der Waals surface area contributed by atoms with E-state index in [0.717, 1.165) is 25.9 Å². The van der Waals surface area contributed by atoms with E-state index in [2.05, 4.69) is 5.32 Å². The van der Waals surface area contributed by atoms with Crippen LogP contribution in [0.15, 0.2) is 0 Å². The van der Waals surface area contributed by atoms with E-state index in [-0.39, 0.29) is 11.5 Å². The summed E-state index contributed by atoms with van der Waals surface area (Å²) in [6, 6.07) is 0. The van der Waals surface area contributed by atoms with Crippen molar-refractivity contribution in [3.63, 3.8) is 0 Å². The molecular weight excluding hydrogens is 242 g/mol. The van der Waals surface area contributed by atoms with Gasteiger partial charge in [-0.05, 0) is 25.8 Å². The van der Waals surface area contributed by atoms with Crippen LogP contribution in [0.4, 0.5) is 0 Å². The quantitative estimate of drug-likeness (QED) is 0.520. The molecule has 0 aromatic carbocycles. The molecule has 0 saturated heterocycles. The molecule has 0 rings (SSSR count). The Labute approximate surface area is 105 Å². The second kappa shape index (κ2) is 11.0. The number of hydrogen-bond acceptors (Lipinski definition) is 5.